The van der Waals surface area contributed by atoms with Crippen LogP contribution >= 0.6 is 11.3 Å². The van der Waals surface area contributed by atoms with Gasteiger partial charge in [-0.15, -0.1) is 11.3 Å². The minimum Gasteiger partial charge on any atom is -0.454 e. The number of ether oxygens (including phenoxy) is 1. The lowest BCUT2D eigenvalue weighted by Gasteiger charge is -2.04. The molecule has 0 bridgehead atoms. The Hall–Kier alpha value is -3.45. The van der Waals surface area contributed by atoms with E-state index in [-0.39, 0.29) is 18.9 Å². The number of anilines is 1. The molecule has 0 saturated heterocycles. The Balaban J connectivity index is 1.31. The van der Waals surface area contributed by atoms with Crippen LogP contribution in [0.15, 0.2) is 60.0 Å². The number of carbonyl (C=O) groups is 2. The van der Waals surface area contributed by atoms with Crippen LogP contribution in [0.2, 0.25) is 0 Å². The first-order valence-corrected chi connectivity index (χ1v) is 9.99. The molecule has 0 saturated carbocycles. The third kappa shape index (κ3) is 4.70. The number of benzene rings is 2. The molecule has 146 valence electrons. The highest BCUT2D eigenvalue weighted by atomic mass is 32.1. The van der Waals surface area contributed by atoms with Crippen molar-refractivity contribution in [1.29, 1.82) is 0 Å². The maximum absolute atomic E-state index is 12.3. The van der Waals surface area contributed by atoms with E-state index in [1.807, 2.05) is 55.5 Å². The second kappa shape index (κ2) is 8.28. The first-order valence-electron chi connectivity index (χ1n) is 9.11. The van der Waals surface area contributed by atoms with Gasteiger partial charge in [0.15, 0.2) is 0 Å². The monoisotopic (exact) mass is 405 g/mol. The van der Waals surface area contributed by atoms with Crippen LogP contribution in [-0.2, 0) is 22.6 Å². The van der Waals surface area contributed by atoms with Gasteiger partial charge in [0.1, 0.15) is 17.3 Å². The summed E-state index contributed by atoms with van der Waals surface area (Å²) >= 11 is 1.37. The van der Waals surface area contributed by atoms with Crippen LogP contribution in [0, 0.1) is 6.92 Å². The maximum atomic E-state index is 12.3. The largest absolute Gasteiger partial charge is 0.454 e. The minimum absolute atomic E-state index is 0.0598. The van der Waals surface area contributed by atoms with Crippen LogP contribution in [0.3, 0.4) is 0 Å². The normalized spacial score (nSPS) is 10.8. The van der Waals surface area contributed by atoms with Gasteiger partial charge < -0.3 is 15.0 Å². The quantitative estimate of drug-likeness (QED) is 0.464. The molecule has 2 heterocycles. The number of aromatic nitrogens is 2. The fraction of sp³-hybridized carbons (Fsp3) is 0.136. The highest BCUT2D eigenvalue weighted by Gasteiger charge is 2.13. The van der Waals surface area contributed by atoms with Crippen molar-refractivity contribution in [3.05, 3.63) is 81.9 Å². The molecule has 7 heteroatoms. The van der Waals surface area contributed by atoms with Gasteiger partial charge >= 0.3 is 5.97 Å². The lowest BCUT2D eigenvalue weighted by atomic mass is 10.2. The summed E-state index contributed by atoms with van der Waals surface area (Å²) in [6, 6.07) is 17.0. The van der Waals surface area contributed by atoms with E-state index < -0.39 is 5.97 Å². The van der Waals surface area contributed by atoms with Crippen LogP contribution < -0.4 is 5.32 Å². The fourth-order valence-corrected chi connectivity index (χ4v) is 3.65. The number of nitrogens with one attached hydrogen (secondary N) is 2. The van der Waals surface area contributed by atoms with E-state index in [4.69, 9.17) is 4.74 Å². The number of H-pyrrole nitrogens is 1. The van der Waals surface area contributed by atoms with Gasteiger partial charge in [-0.3, -0.25) is 4.79 Å². The molecule has 1 amide bonds. The van der Waals surface area contributed by atoms with Gasteiger partial charge in [0, 0.05) is 22.0 Å². The second-order valence-electron chi connectivity index (χ2n) is 6.67. The van der Waals surface area contributed by atoms with Crippen LogP contribution in [0.5, 0.6) is 0 Å². The highest BCUT2D eigenvalue weighted by molar-refractivity contribution is 7.09. The minimum atomic E-state index is -0.437. The molecule has 4 aromatic rings. The molecule has 0 aliphatic carbocycles. The molecule has 0 atom stereocenters. The van der Waals surface area contributed by atoms with Gasteiger partial charge in [0.05, 0.1) is 12.1 Å². The van der Waals surface area contributed by atoms with Crippen molar-refractivity contribution >= 4 is 39.8 Å². The van der Waals surface area contributed by atoms with Crippen LogP contribution in [0.25, 0.3) is 10.9 Å². The first kappa shape index (κ1) is 18.9. The standard InChI is InChI=1S/C22H19N3O3S/c1-14-6-8-16(9-7-14)23-20(26)11-21-24-17(13-29-21)12-28-22(27)19-10-15-4-2-3-5-18(15)25-19/h2-10,13,25H,11-12H2,1H3,(H,23,26). The lowest BCUT2D eigenvalue weighted by Crippen LogP contribution is -2.14. The zero-order chi connectivity index (χ0) is 20.2. The highest BCUT2D eigenvalue weighted by Crippen LogP contribution is 2.17. The third-order valence-corrected chi connectivity index (χ3v) is 5.25. The number of aromatic amines is 1. The summed E-state index contributed by atoms with van der Waals surface area (Å²) in [7, 11) is 0. The predicted molar refractivity (Wildman–Crippen MR) is 113 cm³/mol. The van der Waals surface area contributed by atoms with E-state index in [2.05, 4.69) is 15.3 Å². The van der Waals surface area contributed by atoms with Crippen molar-refractivity contribution in [1.82, 2.24) is 9.97 Å². The van der Waals surface area contributed by atoms with E-state index in [1.165, 1.54) is 11.3 Å². The predicted octanol–water partition coefficient (Wildman–Crippen LogP) is 4.47. The molecule has 0 unspecified atom stereocenters. The number of amides is 1. The molecule has 29 heavy (non-hydrogen) atoms. The van der Waals surface area contributed by atoms with E-state index in [1.54, 1.807) is 11.4 Å². The number of para-hydroxylation sites is 1. The van der Waals surface area contributed by atoms with Crippen LogP contribution in [0.4, 0.5) is 5.69 Å². The number of nitrogens with zero attached hydrogens (tertiary/aromatic N) is 1. The van der Waals surface area contributed by atoms with Gasteiger partial charge in [0.2, 0.25) is 5.91 Å². The van der Waals surface area contributed by atoms with Crippen molar-refractivity contribution in [2.24, 2.45) is 0 Å². The number of rotatable bonds is 6. The Bertz CT molecular complexity index is 1130. The molecule has 2 N–H and O–H groups in total. The van der Waals surface area contributed by atoms with E-state index in [0.29, 0.717) is 16.4 Å². The molecule has 4 rings (SSSR count). The van der Waals surface area contributed by atoms with E-state index in [9.17, 15) is 9.59 Å². The summed E-state index contributed by atoms with van der Waals surface area (Å²) in [5.41, 5.74) is 3.80. The van der Waals surface area contributed by atoms with Gasteiger partial charge in [-0.05, 0) is 31.2 Å². The molecule has 0 aliphatic heterocycles. The molecule has 0 fully saturated rings. The number of hydrogen-bond donors (Lipinski definition) is 2. The fourth-order valence-electron chi connectivity index (χ4n) is 2.88. The molecule has 0 aliphatic rings. The second-order valence-corrected chi connectivity index (χ2v) is 7.61. The van der Waals surface area contributed by atoms with Gasteiger partial charge in [-0.25, -0.2) is 9.78 Å². The molecule has 0 spiro atoms. The smallest absolute Gasteiger partial charge is 0.355 e. The van der Waals surface area contributed by atoms with Crippen molar-refractivity contribution in [2.75, 3.05) is 5.32 Å². The molecule has 0 radical (unpaired) electrons. The number of esters is 1. The number of hydrogen-bond acceptors (Lipinski definition) is 5. The van der Waals surface area contributed by atoms with E-state index >= 15 is 0 Å². The summed E-state index contributed by atoms with van der Waals surface area (Å²) in [6.07, 6.45) is 0.175. The molecule has 2 aromatic heterocycles. The summed E-state index contributed by atoms with van der Waals surface area (Å²) in [4.78, 5) is 31.9. The van der Waals surface area contributed by atoms with Crippen LogP contribution in [0.1, 0.15) is 26.8 Å². The SMILES string of the molecule is Cc1ccc(NC(=O)Cc2nc(COC(=O)c3cc4ccccc4[nH]3)cs2)cc1. The van der Waals surface area contributed by atoms with Crippen molar-refractivity contribution < 1.29 is 14.3 Å². The Morgan fingerprint density at radius 2 is 1.93 bits per heavy atom. The Labute approximate surface area is 171 Å². The molecule has 2 aromatic carbocycles. The van der Waals surface area contributed by atoms with Crippen LogP contribution in [-0.4, -0.2) is 21.8 Å². The summed E-state index contributed by atoms with van der Waals surface area (Å²) < 4.78 is 5.34. The summed E-state index contributed by atoms with van der Waals surface area (Å²) in [5, 5.41) is 6.27. The number of thiazole rings is 1. The van der Waals surface area contributed by atoms with Crippen molar-refractivity contribution in [2.45, 2.75) is 20.0 Å². The summed E-state index contributed by atoms with van der Waals surface area (Å²) in [6.45, 7) is 2.05. The molecule has 6 nitrogen and oxygen atoms in total. The third-order valence-electron chi connectivity index (χ3n) is 4.35. The Morgan fingerprint density at radius 1 is 1.14 bits per heavy atom. The Morgan fingerprint density at radius 3 is 2.72 bits per heavy atom. The van der Waals surface area contributed by atoms with Crippen molar-refractivity contribution in [3.8, 4) is 0 Å². The zero-order valence-corrected chi connectivity index (χ0v) is 16.6. The zero-order valence-electron chi connectivity index (χ0n) is 15.8. The van der Waals surface area contributed by atoms with Crippen molar-refractivity contribution in [3.63, 3.8) is 0 Å². The number of fused-ring (bicyclic) bond motifs is 1. The molecular weight excluding hydrogens is 386 g/mol. The van der Waals surface area contributed by atoms with Gasteiger partial charge in [-0.1, -0.05) is 35.9 Å². The average molecular weight is 405 g/mol. The van der Waals surface area contributed by atoms with Gasteiger partial charge in [0.25, 0.3) is 0 Å². The van der Waals surface area contributed by atoms with Gasteiger partial charge in [-0.2, -0.15) is 0 Å². The van der Waals surface area contributed by atoms with E-state index in [0.717, 1.165) is 22.2 Å². The number of aryl methyl sites for hydroxylation is 1. The Kier molecular flexibility index (Phi) is 5.39. The maximum Gasteiger partial charge on any atom is 0.355 e. The average Bonchev–Trinajstić information content (AvgIpc) is 3.34. The first-order chi connectivity index (χ1) is 14.1. The molecular formula is C22H19N3O3S. The number of carbonyl (C=O) groups excluding carboxylic acids is 2. The lowest BCUT2D eigenvalue weighted by molar-refractivity contribution is -0.115. The topological polar surface area (TPSA) is 84.1 Å². The summed E-state index contributed by atoms with van der Waals surface area (Å²) in [5.74, 6) is -0.572.